The second kappa shape index (κ2) is 7.11. The van der Waals surface area contributed by atoms with Gasteiger partial charge in [0.15, 0.2) is 5.69 Å². The zero-order valence-electron chi connectivity index (χ0n) is 14.1. The zero-order chi connectivity index (χ0) is 17.1. The van der Waals surface area contributed by atoms with Crippen LogP contribution in [0.3, 0.4) is 0 Å². The Morgan fingerprint density at radius 1 is 1.33 bits per heavy atom. The highest BCUT2D eigenvalue weighted by molar-refractivity contribution is 5.92. The molecular weight excluding hydrogens is 307 g/mol. The molecule has 5 nitrogen and oxygen atoms in total. The Hall–Kier alpha value is -2.24. The fourth-order valence-electron chi connectivity index (χ4n) is 3.30. The summed E-state index contributed by atoms with van der Waals surface area (Å²) < 4.78 is 15.4. The van der Waals surface area contributed by atoms with E-state index in [4.69, 9.17) is 0 Å². The van der Waals surface area contributed by atoms with E-state index >= 15 is 0 Å². The molecule has 0 saturated heterocycles. The molecule has 0 radical (unpaired) electrons. The van der Waals surface area contributed by atoms with Crippen molar-refractivity contribution >= 4 is 5.91 Å². The van der Waals surface area contributed by atoms with Gasteiger partial charge < -0.3 is 5.32 Å². The van der Waals surface area contributed by atoms with Gasteiger partial charge in [-0.3, -0.25) is 4.79 Å². The smallest absolute Gasteiger partial charge is 0.273 e. The average Bonchev–Trinajstić information content (AvgIpc) is 3.07. The first-order valence-corrected chi connectivity index (χ1v) is 8.53. The molecule has 0 aliphatic heterocycles. The summed E-state index contributed by atoms with van der Waals surface area (Å²) in [6.07, 6.45) is 6.10. The van der Waals surface area contributed by atoms with Crippen molar-refractivity contribution in [3.8, 4) is 0 Å². The minimum absolute atomic E-state index is 0.195. The van der Waals surface area contributed by atoms with Crippen molar-refractivity contribution in [1.29, 1.82) is 0 Å². The van der Waals surface area contributed by atoms with Crippen LogP contribution in [0.25, 0.3) is 0 Å². The Bertz CT molecular complexity index is 715. The normalized spacial score (nSPS) is 22.1. The van der Waals surface area contributed by atoms with E-state index in [0.717, 1.165) is 19.3 Å². The molecule has 1 N–H and O–H groups in total. The fraction of sp³-hybridized carbons (Fsp3) is 0.500. The molecule has 0 bridgehead atoms. The molecule has 1 aliphatic carbocycles. The van der Waals surface area contributed by atoms with Gasteiger partial charge in [-0.2, -0.15) is 0 Å². The fourth-order valence-corrected chi connectivity index (χ4v) is 3.30. The van der Waals surface area contributed by atoms with E-state index in [9.17, 15) is 9.18 Å². The van der Waals surface area contributed by atoms with E-state index < -0.39 is 0 Å². The summed E-state index contributed by atoms with van der Waals surface area (Å²) in [5.74, 6) is -0.0154. The van der Waals surface area contributed by atoms with Crippen molar-refractivity contribution in [2.45, 2.75) is 51.6 Å². The predicted octanol–water partition coefficient (Wildman–Crippen LogP) is 3.34. The molecule has 2 aromatic rings. The van der Waals surface area contributed by atoms with Crippen molar-refractivity contribution in [3.63, 3.8) is 0 Å². The van der Waals surface area contributed by atoms with E-state index in [1.165, 1.54) is 17.2 Å². The second-order valence-electron chi connectivity index (χ2n) is 6.62. The van der Waals surface area contributed by atoms with Gasteiger partial charge in [0.05, 0.1) is 12.2 Å². The molecule has 1 aromatic heterocycles. The van der Waals surface area contributed by atoms with E-state index in [1.807, 2.05) is 6.92 Å². The Morgan fingerprint density at radius 2 is 2.08 bits per heavy atom. The van der Waals surface area contributed by atoms with Crippen molar-refractivity contribution in [3.05, 3.63) is 47.5 Å². The van der Waals surface area contributed by atoms with Crippen molar-refractivity contribution in [2.24, 2.45) is 5.92 Å². The third-order valence-corrected chi connectivity index (χ3v) is 4.92. The molecule has 3 rings (SSSR count). The lowest BCUT2D eigenvalue weighted by molar-refractivity contribution is 0.0905. The molecule has 0 spiro atoms. The number of hydrogen-bond acceptors (Lipinski definition) is 3. The van der Waals surface area contributed by atoms with Crippen molar-refractivity contribution in [1.82, 2.24) is 20.3 Å². The first-order chi connectivity index (χ1) is 11.6. The lowest BCUT2D eigenvalue weighted by Gasteiger charge is -2.29. The minimum Gasteiger partial charge on any atom is -0.348 e. The van der Waals surface area contributed by atoms with E-state index in [2.05, 4.69) is 22.6 Å². The highest BCUT2D eigenvalue weighted by atomic mass is 19.1. The molecule has 6 heteroatoms. The molecule has 3 atom stereocenters. The second-order valence-corrected chi connectivity index (χ2v) is 6.62. The number of nitrogens with one attached hydrogen (secondary N) is 1. The van der Waals surface area contributed by atoms with Crippen LogP contribution in [0.2, 0.25) is 0 Å². The predicted molar refractivity (Wildman–Crippen MR) is 89.1 cm³/mol. The van der Waals surface area contributed by atoms with E-state index in [0.29, 0.717) is 11.5 Å². The van der Waals surface area contributed by atoms with Crippen LogP contribution in [0.1, 0.15) is 61.6 Å². The standard InChI is InChI=1S/C18H23FN4O/c1-12-7-3-6-10-16(12)20-18(24)17-11-23(22-21-17)13(2)14-8-4-5-9-15(14)19/h4-5,8-9,11-13,16H,3,6-7,10H2,1-2H3,(H,20,24)/t12-,13-,16-/m0/s1. The summed E-state index contributed by atoms with van der Waals surface area (Å²) in [6.45, 7) is 4.00. The van der Waals surface area contributed by atoms with Gasteiger partial charge in [0.2, 0.25) is 0 Å². The Balaban J connectivity index is 1.71. The SMILES string of the molecule is C[C@H]1CCCC[C@@H]1NC(=O)c1cn([C@@H](C)c2ccccc2F)nn1. The number of nitrogens with zero attached hydrogens (tertiary/aromatic N) is 3. The maximum absolute atomic E-state index is 13.9. The van der Waals surface area contributed by atoms with Gasteiger partial charge >= 0.3 is 0 Å². The molecule has 1 fully saturated rings. The summed E-state index contributed by atoms with van der Waals surface area (Å²) >= 11 is 0. The summed E-state index contributed by atoms with van der Waals surface area (Å²) in [7, 11) is 0. The molecule has 1 amide bonds. The minimum atomic E-state index is -0.325. The molecular formula is C18H23FN4O. The van der Waals surface area contributed by atoms with Gasteiger partial charge in [0, 0.05) is 11.6 Å². The average molecular weight is 330 g/mol. The number of benzene rings is 1. The number of aromatic nitrogens is 3. The van der Waals surface area contributed by atoms with Crippen LogP contribution in [0.5, 0.6) is 0 Å². The van der Waals surface area contributed by atoms with Crippen LogP contribution in [-0.2, 0) is 0 Å². The van der Waals surface area contributed by atoms with Crippen LogP contribution >= 0.6 is 0 Å². The molecule has 128 valence electrons. The Kier molecular flexibility index (Phi) is 4.92. The quantitative estimate of drug-likeness (QED) is 0.935. The third kappa shape index (κ3) is 3.47. The lowest BCUT2D eigenvalue weighted by Crippen LogP contribution is -2.41. The van der Waals surface area contributed by atoms with Crippen LogP contribution in [0, 0.1) is 11.7 Å². The van der Waals surface area contributed by atoms with E-state index in [-0.39, 0.29) is 29.5 Å². The van der Waals surface area contributed by atoms with Gasteiger partial charge in [-0.1, -0.05) is 43.2 Å². The Morgan fingerprint density at radius 3 is 2.83 bits per heavy atom. The van der Waals surface area contributed by atoms with Crippen molar-refractivity contribution < 1.29 is 9.18 Å². The summed E-state index contributed by atoms with van der Waals surface area (Å²) in [5.41, 5.74) is 0.797. The van der Waals surface area contributed by atoms with Crippen LogP contribution in [0.15, 0.2) is 30.5 Å². The van der Waals surface area contributed by atoms with Crippen LogP contribution in [0.4, 0.5) is 4.39 Å². The molecule has 1 aromatic carbocycles. The number of carbonyl (C=O) groups is 1. The summed E-state index contributed by atoms with van der Waals surface area (Å²) in [6, 6.07) is 6.43. The topological polar surface area (TPSA) is 59.8 Å². The van der Waals surface area contributed by atoms with Gasteiger partial charge in [-0.25, -0.2) is 9.07 Å². The molecule has 1 aliphatic rings. The molecule has 24 heavy (non-hydrogen) atoms. The molecule has 1 saturated carbocycles. The monoisotopic (exact) mass is 330 g/mol. The lowest BCUT2D eigenvalue weighted by atomic mass is 9.86. The van der Waals surface area contributed by atoms with Crippen LogP contribution in [-0.4, -0.2) is 26.9 Å². The van der Waals surface area contributed by atoms with Crippen molar-refractivity contribution in [2.75, 3.05) is 0 Å². The maximum atomic E-state index is 13.9. The van der Waals surface area contributed by atoms with Gasteiger partial charge in [0.25, 0.3) is 5.91 Å². The first kappa shape index (κ1) is 16.6. The number of carbonyl (C=O) groups excluding carboxylic acids is 1. The van der Waals surface area contributed by atoms with Gasteiger partial charge in [-0.15, -0.1) is 5.10 Å². The number of halogens is 1. The first-order valence-electron chi connectivity index (χ1n) is 8.53. The van der Waals surface area contributed by atoms with Crippen LogP contribution < -0.4 is 5.32 Å². The number of hydrogen-bond donors (Lipinski definition) is 1. The highest BCUT2D eigenvalue weighted by Gasteiger charge is 2.24. The van der Waals surface area contributed by atoms with E-state index in [1.54, 1.807) is 24.4 Å². The maximum Gasteiger partial charge on any atom is 0.273 e. The zero-order valence-corrected chi connectivity index (χ0v) is 14.1. The summed E-state index contributed by atoms with van der Waals surface area (Å²) in [4.78, 5) is 12.4. The molecule has 1 heterocycles. The Labute approximate surface area is 141 Å². The largest absolute Gasteiger partial charge is 0.348 e. The van der Waals surface area contributed by atoms with Gasteiger partial charge in [-0.05, 0) is 31.7 Å². The molecule has 0 unspecified atom stereocenters. The number of amides is 1. The third-order valence-electron chi connectivity index (χ3n) is 4.92. The van der Waals surface area contributed by atoms with Gasteiger partial charge in [0.1, 0.15) is 5.82 Å². The highest BCUT2D eigenvalue weighted by Crippen LogP contribution is 2.24. The number of rotatable bonds is 4. The summed E-state index contributed by atoms with van der Waals surface area (Å²) in [5, 5.41) is 11.0.